The Balaban J connectivity index is 1.95. The van der Waals surface area contributed by atoms with Crippen LogP contribution in [0.3, 0.4) is 0 Å². The molecule has 1 aromatic carbocycles. The summed E-state index contributed by atoms with van der Waals surface area (Å²) in [6, 6.07) is 5.77. The first-order chi connectivity index (χ1) is 9.92. The average Bonchev–Trinajstić information content (AvgIpc) is 3.02. The van der Waals surface area contributed by atoms with Gasteiger partial charge in [-0.1, -0.05) is 0 Å². The molecule has 0 unspecified atom stereocenters. The van der Waals surface area contributed by atoms with Gasteiger partial charge >= 0.3 is 0 Å². The number of hydrogen-bond acceptors (Lipinski definition) is 4. The number of nitrogens with zero attached hydrogens (tertiary/aromatic N) is 2. The third-order valence-electron chi connectivity index (χ3n) is 3.51. The standard InChI is InChI=1S/C16H19N3O2/c1-16(2,20)4-5-19-9-12-7-14(17)13(8-15(12)18-19)11-3-6-21-10-11/h3,6-10,20H,4-5,17H2,1-2H3. The van der Waals surface area contributed by atoms with E-state index in [9.17, 15) is 5.11 Å². The van der Waals surface area contributed by atoms with Crippen LogP contribution in [-0.4, -0.2) is 20.5 Å². The number of benzene rings is 1. The summed E-state index contributed by atoms with van der Waals surface area (Å²) in [5.74, 6) is 0. The topological polar surface area (TPSA) is 77.2 Å². The fraction of sp³-hybridized carbons (Fsp3) is 0.312. The zero-order valence-corrected chi connectivity index (χ0v) is 12.2. The third kappa shape index (κ3) is 2.92. The Kier molecular flexibility index (Phi) is 3.22. The minimum absolute atomic E-state index is 0.644. The van der Waals surface area contributed by atoms with Crippen molar-refractivity contribution in [3.8, 4) is 11.1 Å². The predicted molar refractivity (Wildman–Crippen MR) is 82.8 cm³/mol. The molecule has 0 atom stereocenters. The summed E-state index contributed by atoms with van der Waals surface area (Å²) in [4.78, 5) is 0. The summed E-state index contributed by atoms with van der Waals surface area (Å²) < 4.78 is 6.96. The second kappa shape index (κ2) is 4.93. The van der Waals surface area contributed by atoms with Crippen molar-refractivity contribution >= 4 is 16.6 Å². The van der Waals surface area contributed by atoms with Crippen molar-refractivity contribution in [3.63, 3.8) is 0 Å². The van der Waals surface area contributed by atoms with Crippen LogP contribution in [0.5, 0.6) is 0 Å². The molecule has 0 aliphatic heterocycles. The van der Waals surface area contributed by atoms with Crippen LogP contribution in [0, 0.1) is 0 Å². The van der Waals surface area contributed by atoms with Gasteiger partial charge in [0.15, 0.2) is 0 Å². The largest absolute Gasteiger partial charge is 0.472 e. The van der Waals surface area contributed by atoms with Gasteiger partial charge in [-0.05, 0) is 38.5 Å². The lowest BCUT2D eigenvalue weighted by Crippen LogP contribution is -2.21. The quantitative estimate of drug-likeness (QED) is 0.722. The molecular formula is C16H19N3O2. The van der Waals surface area contributed by atoms with E-state index in [1.807, 2.05) is 29.1 Å². The second-order valence-electron chi connectivity index (χ2n) is 5.96. The van der Waals surface area contributed by atoms with E-state index in [1.165, 1.54) is 0 Å². The maximum Gasteiger partial charge on any atom is 0.0981 e. The van der Waals surface area contributed by atoms with Crippen LogP contribution in [0.15, 0.2) is 41.3 Å². The lowest BCUT2D eigenvalue weighted by Gasteiger charge is -2.16. The van der Waals surface area contributed by atoms with Crippen LogP contribution in [0.25, 0.3) is 22.0 Å². The zero-order chi connectivity index (χ0) is 15.0. The summed E-state index contributed by atoms with van der Waals surface area (Å²) in [7, 11) is 0. The van der Waals surface area contributed by atoms with Crippen molar-refractivity contribution in [3.05, 3.63) is 36.9 Å². The molecule has 0 spiro atoms. The van der Waals surface area contributed by atoms with Crippen molar-refractivity contribution in [2.24, 2.45) is 0 Å². The van der Waals surface area contributed by atoms with Gasteiger partial charge in [0.2, 0.25) is 0 Å². The molecule has 0 saturated heterocycles. The van der Waals surface area contributed by atoms with Crippen molar-refractivity contribution in [2.75, 3.05) is 5.73 Å². The van der Waals surface area contributed by atoms with Gasteiger partial charge in [0.05, 0.1) is 23.6 Å². The molecule has 0 saturated carbocycles. The summed E-state index contributed by atoms with van der Waals surface area (Å²) in [5.41, 5.74) is 8.87. The number of rotatable bonds is 4. The Hall–Kier alpha value is -2.27. The van der Waals surface area contributed by atoms with E-state index in [0.29, 0.717) is 18.7 Å². The lowest BCUT2D eigenvalue weighted by atomic mass is 10.1. The van der Waals surface area contributed by atoms with Crippen molar-refractivity contribution in [1.82, 2.24) is 9.78 Å². The maximum atomic E-state index is 9.80. The molecule has 0 radical (unpaired) electrons. The monoisotopic (exact) mass is 285 g/mol. The summed E-state index contributed by atoms with van der Waals surface area (Å²) in [6.45, 7) is 4.26. The van der Waals surface area contributed by atoms with Crippen molar-refractivity contribution in [2.45, 2.75) is 32.4 Å². The highest BCUT2D eigenvalue weighted by Crippen LogP contribution is 2.30. The van der Waals surface area contributed by atoms with Crippen LogP contribution in [0.4, 0.5) is 5.69 Å². The molecule has 3 N–H and O–H groups in total. The highest BCUT2D eigenvalue weighted by molar-refractivity contribution is 5.91. The summed E-state index contributed by atoms with van der Waals surface area (Å²) in [5, 5.41) is 15.3. The van der Waals surface area contributed by atoms with E-state index in [1.54, 1.807) is 26.4 Å². The highest BCUT2D eigenvalue weighted by Gasteiger charge is 2.13. The Morgan fingerprint density at radius 1 is 1.38 bits per heavy atom. The van der Waals surface area contributed by atoms with E-state index in [0.717, 1.165) is 22.0 Å². The Morgan fingerprint density at radius 2 is 2.19 bits per heavy atom. The molecule has 3 aromatic rings. The zero-order valence-electron chi connectivity index (χ0n) is 12.2. The number of furan rings is 1. The van der Waals surface area contributed by atoms with Gasteiger partial charge in [-0.15, -0.1) is 0 Å². The van der Waals surface area contributed by atoms with Crippen molar-refractivity contribution < 1.29 is 9.52 Å². The van der Waals surface area contributed by atoms with E-state index in [4.69, 9.17) is 10.2 Å². The van der Waals surface area contributed by atoms with Gasteiger partial charge in [0.25, 0.3) is 0 Å². The van der Waals surface area contributed by atoms with Crippen LogP contribution in [0.1, 0.15) is 20.3 Å². The molecule has 3 rings (SSSR count). The summed E-state index contributed by atoms with van der Waals surface area (Å²) >= 11 is 0. The number of nitrogen functional groups attached to an aromatic ring is 1. The van der Waals surface area contributed by atoms with E-state index in [2.05, 4.69) is 5.10 Å². The van der Waals surface area contributed by atoms with Gasteiger partial charge in [-0.2, -0.15) is 5.10 Å². The number of aromatic nitrogens is 2. The highest BCUT2D eigenvalue weighted by atomic mass is 16.3. The number of anilines is 1. The molecule has 5 nitrogen and oxygen atoms in total. The minimum atomic E-state index is -0.695. The maximum absolute atomic E-state index is 9.80. The van der Waals surface area contributed by atoms with Gasteiger partial charge in [0, 0.05) is 34.9 Å². The number of hydrogen-bond donors (Lipinski definition) is 2. The number of nitrogens with two attached hydrogens (primary N) is 1. The SMILES string of the molecule is CC(C)(O)CCn1cc2cc(N)c(-c3ccoc3)cc2n1. The first kappa shape index (κ1) is 13.7. The minimum Gasteiger partial charge on any atom is -0.472 e. The molecular weight excluding hydrogens is 266 g/mol. The molecule has 0 fully saturated rings. The molecule has 0 amide bonds. The molecule has 0 bridgehead atoms. The molecule has 2 aromatic heterocycles. The smallest absolute Gasteiger partial charge is 0.0981 e. The van der Waals surface area contributed by atoms with Gasteiger partial charge in [0.1, 0.15) is 0 Å². The lowest BCUT2D eigenvalue weighted by molar-refractivity contribution is 0.0651. The van der Waals surface area contributed by atoms with Crippen molar-refractivity contribution in [1.29, 1.82) is 0 Å². The first-order valence-electron chi connectivity index (χ1n) is 6.94. The second-order valence-corrected chi connectivity index (χ2v) is 5.96. The van der Waals surface area contributed by atoms with E-state index < -0.39 is 5.60 Å². The first-order valence-corrected chi connectivity index (χ1v) is 6.94. The molecule has 5 heteroatoms. The molecule has 21 heavy (non-hydrogen) atoms. The average molecular weight is 285 g/mol. The third-order valence-corrected chi connectivity index (χ3v) is 3.51. The fourth-order valence-electron chi connectivity index (χ4n) is 2.31. The Morgan fingerprint density at radius 3 is 2.86 bits per heavy atom. The Labute approximate surface area is 123 Å². The van der Waals surface area contributed by atoms with E-state index in [-0.39, 0.29) is 0 Å². The molecule has 2 heterocycles. The van der Waals surface area contributed by atoms with Gasteiger partial charge in [-0.25, -0.2) is 0 Å². The molecule has 110 valence electrons. The van der Waals surface area contributed by atoms with E-state index >= 15 is 0 Å². The van der Waals surface area contributed by atoms with Gasteiger partial charge in [-0.3, -0.25) is 4.68 Å². The number of aliphatic hydroxyl groups is 1. The summed E-state index contributed by atoms with van der Waals surface area (Å²) in [6.07, 6.45) is 5.89. The van der Waals surface area contributed by atoms with Crippen LogP contribution < -0.4 is 5.73 Å². The van der Waals surface area contributed by atoms with Crippen LogP contribution >= 0.6 is 0 Å². The van der Waals surface area contributed by atoms with Crippen LogP contribution in [-0.2, 0) is 6.54 Å². The molecule has 0 aliphatic carbocycles. The van der Waals surface area contributed by atoms with Crippen LogP contribution in [0.2, 0.25) is 0 Å². The van der Waals surface area contributed by atoms with Gasteiger partial charge < -0.3 is 15.3 Å². The normalized spacial score (nSPS) is 12.1. The number of fused-ring (bicyclic) bond motifs is 1. The molecule has 0 aliphatic rings. The fourth-order valence-corrected chi connectivity index (χ4v) is 2.31. The predicted octanol–water partition coefficient (Wildman–Crippen LogP) is 3.04. The Bertz CT molecular complexity index is 752. The number of aryl methyl sites for hydroxylation is 1.